The Labute approximate surface area is 111 Å². The molecule has 3 heteroatoms. The van der Waals surface area contributed by atoms with Gasteiger partial charge in [-0.05, 0) is 11.1 Å². The van der Waals surface area contributed by atoms with Crippen molar-refractivity contribution < 1.29 is 14.3 Å². The van der Waals surface area contributed by atoms with E-state index >= 15 is 0 Å². The van der Waals surface area contributed by atoms with Gasteiger partial charge in [-0.3, -0.25) is 9.59 Å². The third-order valence-corrected chi connectivity index (χ3v) is 2.72. The summed E-state index contributed by atoms with van der Waals surface area (Å²) in [6, 6.07) is 17.2. The summed E-state index contributed by atoms with van der Waals surface area (Å²) in [5.41, 5.74) is 2.69. The van der Waals surface area contributed by atoms with Crippen LogP contribution in [-0.4, -0.2) is 18.4 Å². The minimum atomic E-state index is -0.450. The van der Waals surface area contributed by atoms with Crippen molar-refractivity contribution in [2.24, 2.45) is 0 Å². The molecule has 2 rings (SSSR count). The molecule has 96 valence electrons. The molecule has 0 amide bonds. The van der Waals surface area contributed by atoms with E-state index in [4.69, 9.17) is 0 Å². The van der Waals surface area contributed by atoms with Crippen molar-refractivity contribution in [3.8, 4) is 11.1 Å². The summed E-state index contributed by atoms with van der Waals surface area (Å²) in [5.74, 6) is -0.649. The fraction of sp³-hybridized carbons (Fsp3) is 0.125. The van der Waals surface area contributed by atoms with Crippen molar-refractivity contribution in [1.29, 1.82) is 0 Å². The quantitative estimate of drug-likeness (QED) is 0.622. The summed E-state index contributed by atoms with van der Waals surface area (Å²) < 4.78 is 4.68. The Morgan fingerprint density at radius 2 is 1.47 bits per heavy atom. The lowest BCUT2D eigenvalue weighted by Crippen LogP contribution is -2.11. The molecule has 2 aromatic carbocycles. The molecule has 0 saturated heterocycles. The maximum absolute atomic E-state index is 11.7. The zero-order chi connectivity index (χ0) is 13.7. The van der Waals surface area contributed by atoms with Gasteiger partial charge in [-0.1, -0.05) is 54.6 Å². The molecule has 0 atom stereocenters. The normalized spacial score (nSPS) is 9.95. The molecular formula is C16H14O3. The van der Waals surface area contributed by atoms with Crippen molar-refractivity contribution in [1.82, 2.24) is 0 Å². The van der Waals surface area contributed by atoms with E-state index in [0.717, 1.165) is 11.1 Å². The number of hydrogen-bond acceptors (Lipinski definition) is 3. The highest BCUT2D eigenvalue weighted by Crippen LogP contribution is 2.19. The van der Waals surface area contributed by atoms with E-state index in [1.807, 2.05) is 42.5 Å². The highest BCUT2D eigenvalue weighted by Gasteiger charge is 2.07. The van der Waals surface area contributed by atoms with Gasteiger partial charge in [0.25, 0.3) is 0 Å². The third kappa shape index (κ3) is 3.52. The van der Waals surface area contributed by atoms with Crippen LogP contribution in [0.4, 0.5) is 0 Å². The maximum Gasteiger partial charge on any atom is 0.303 e. The first-order chi connectivity index (χ1) is 9.16. The van der Waals surface area contributed by atoms with Crippen molar-refractivity contribution in [3.05, 3.63) is 60.2 Å². The average molecular weight is 254 g/mol. The molecule has 0 spiro atoms. The van der Waals surface area contributed by atoms with Crippen LogP contribution >= 0.6 is 0 Å². The Morgan fingerprint density at radius 3 is 2.05 bits per heavy atom. The predicted octanol–water partition coefficient (Wildman–Crippen LogP) is 3.10. The van der Waals surface area contributed by atoms with Gasteiger partial charge in [0.1, 0.15) is 0 Å². The minimum Gasteiger partial charge on any atom is -0.457 e. The highest BCUT2D eigenvalue weighted by atomic mass is 16.5. The Bertz CT molecular complexity index is 571. The fourth-order valence-corrected chi connectivity index (χ4v) is 1.73. The lowest BCUT2D eigenvalue weighted by molar-refractivity contribution is -0.139. The summed E-state index contributed by atoms with van der Waals surface area (Å²) in [6.45, 7) is 1.08. The van der Waals surface area contributed by atoms with Crippen LogP contribution in [0.5, 0.6) is 0 Å². The van der Waals surface area contributed by atoms with Gasteiger partial charge in [-0.2, -0.15) is 0 Å². The monoisotopic (exact) mass is 254 g/mol. The van der Waals surface area contributed by atoms with Gasteiger partial charge < -0.3 is 4.74 Å². The van der Waals surface area contributed by atoms with Crippen molar-refractivity contribution in [2.75, 3.05) is 6.61 Å². The van der Waals surface area contributed by atoms with Gasteiger partial charge in [0.05, 0.1) is 0 Å². The number of carbonyl (C=O) groups is 2. The molecule has 0 aliphatic heterocycles. The number of esters is 1. The van der Waals surface area contributed by atoms with E-state index in [9.17, 15) is 9.59 Å². The van der Waals surface area contributed by atoms with Crippen LogP contribution < -0.4 is 0 Å². The highest BCUT2D eigenvalue weighted by molar-refractivity contribution is 5.98. The molecule has 0 aliphatic carbocycles. The number of rotatable bonds is 4. The number of ketones is 1. The summed E-state index contributed by atoms with van der Waals surface area (Å²) in [4.78, 5) is 22.4. The second-order valence-corrected chi connectivity index (χ2v) is 4.15. The molecule has 0 aliphatic rings. The van der Waals surface area contributed by atoms with Crippen LogP contribution in [0.2, 0.25) is 0 Å². The summed E-state index contributed by atoms with van der Waals surface area (Å²) in [7, 11) is 0. The molecule has 19 heavy (non-hydrogen) atoms. The van der Waals surface area contributed by atoms with E-state index < -0.39 is 5.97 Å². The Balaban J connectivity index is 2.10. The number of Topliss-reactive ketones (excluding diaryl/α,β-unsaturated/α-hetero) is 1. The second kappa shape index (κ2) is 5.96. The van der Waals surface area contributed by atoms with Crippen LogP contribution in [0.15, 0.2) is 54.6 Å². The average Bonchev–Trinajstić information content (AvgIpc) is 2.46. The number of ether oxygens (including phenoxy) is 1. The molecular weight excluding hydrogens is 240 g/mol. The Kier molecular flexibility index (Phi) is 4.08. The third-order valence-electron chi connectivity index (χ3n) is 2.72. The van der Waals surface area contributed by atoms with Gasteiger partial charge >= 0.3 is 5.97 Å². The second-order valence-electron chi connectivity index (χ2n) is 4.15. The van der Waals surface area contributed by atoms with Crippen molar-refractivity contribution in [2.45, 2.75) is 6.92 Å². The van der Waals surface area contributed by atoms with Crippen LogP contribution in [0.25, 0.3) is 11.1 Å². The van der Waals surface area contributed by atoms with Gasteiger partial charge in [-0.15, -0.1) is 0 Å². The van der Waals surface area contributed by atoms with E-state index in [1.165, 1.54) is 6.92 Å². The molecule has 0 bridgehead atoms. The van der Waals surface area contributed by atoms with Gasteiger partial charge in [0, 0.05) is 12.5 Å². The molecule has 0 saturated carbocycles. The Morgan fingerprint density at radius 1 is 0.895 bits per heavy atom. The minimum absolute atomic E-state index is 0.199. The maximum atomic E-state index is 11.7. The topological polar surface area (TPSA) is 43.4 Å². The van der Waals surface area contributed by atoms with Crippen LogP contribution in [0.3, 0.4) is 0 Å². The first-order valence-electron chi connectivity index (χ1n) is 5.99. The molecule has 0 aromatic heterocycles. The number of benzene rings is 2. The summed E-state index contributed by atoms with van der Waals surface area (Å²) in [5, 5.41) is 0. The largest absolute Gasteiger partial charge is 0.457 e. The molecule has 0 radical (unpaired) electrons. The predicted molar refractivity (Wildman–Crippen MR) is 72.8 cm³/mol. The smallest absolute Gasteiger partial charge is 0.303 e. The number of hydrogen-bond donors (Lipinski definition) is 0. The van der Waals surface area contributed by atoms with E-state index in [2.05, 4.69) is 4.74 Å². The van der Waals surface area contributed by atoms with E-state index in [0.29, 0.717) is 5.56 Å². The lowest BCUT2D eigenvalue weighted by Gasteiger charge is -2.04. The first kappa shape index (κ1) is 13.0. The van der Waals surface area contributed by atoms with E-state index in [-0.39, 0.29) is 12.4 Å². The standard InChI is InChI=1S/C16H14O3/c1-12(17)19-11-16(18)15-9-7-14(8-10-15)13-5-3-2-4-6-13/h2-10H,11H2,1H3. The summed E-state index contributed by atoms with van der Waals surface area (Å²) in [6.07, 6.45) is 0. The lowest BCUT2D eigenvalue weighted by atomic mass is 10.0. The van der Waals surface area contributed by atoms with Crippen LogP contribution in [0.1, 0.15) is 17.3 Å². The van der Waals surface area contributed by atoms with Crippen molar-refractivity contribution in [3.63, 3.8) is 0 Å². The van der Waals surface area contributed by atoms with Crippen LogP contribution in [-0.2, 0) is 9.53 Å². The SMILES string of the molecule is CC(=O)OCC(=O)c1ccc(-c2ccccc2)cc1. The fourth-order valence-electron chi connectivity index (χ4n) is 1.73. The van der Waals surface area contributed by atoms with E-state index in [1.54, 1.807) is 12.1 Å². The molecule has 0 fully saturated rings. The Hall–Kier alpha value is -2.42. The van der Waals surface area contributed by atoms with Crippen molar-refractivity contribution >= 4 is 11.8 Å². The molecule has 0 heterocycles. The molecule has 0 N–H and O–H groups in total. The summed E-state index contributed by atoms with van der Waals surface area (Å²) >= 11 is 0. The zero-order valence-electron chi connectivity index (χ0n) is 10.6. The van der Waals surface area contributed by atoms with Gasteiger partial charge in [0.15, 0.2) is 12.4 Å². The molecule has 3 nitrogen and oxygen atoms in total. The first-order valence-corrected chi connectivity index (χ1v) is 5.99. The zero-order valence-corrected chi connectivity index (χ0v) is 10.6. The molecule has 0 unspecified atom stereocenters. The van der Waals surface area contributed by atoms with Gasteiger partial charge in [0.2, 0.25) is 0 Å². The van der Waals surface area contributed by atoms with Gasteiger partial charge in [-0.25, -0.2) is 0 Å². The van der Waals surface area contributed by atoms with Crippen LogP contribution in [0, 0.1) is 0 Å². The molecule has 2 aromatic rings. The number of carbonyl (C=O) groups excluding carboxylic acids is 2.